The second-order valence-electron chi connectivity index (χ2n) is 4.83. The predicted molar refractivity (Wildman–Crippen MR) is 67.7 cm³/mol. The number of carbonyl (C=O) groups is 1. The number of amides is 1. The molecule has 7 nitrogen and oxygen atoms in total. The first kappa shape index (κ1) is 14.0. The van der Waals surface area contributed by atoms with Crippen molar-refractivity contribution in [2.45, 2.75) is 26.1 Å². The summed E-state index contributed by atoms with van der Waals surface area (Å²) in [6.45, 7) is 5.12. The smallest absolute Gasteiger partial charge is 0.240 e. The lowest BCUT2D eigenvalue weighted by Crippen LogP contribution is -2.50. The first-order valence-electron chi connectivity index (χ1n) is 6.28. The Balaban J connectivity index is 1.84. The molecule has 7 heteroatoms. The molecule has 0 bridgehead atoms. The first-order chi connectivity index (χ1) is 9.06. The summed E-state index contributed by atoms with van der Waals surface area (Å²) < 4.78 is 10.4. The summed E-state index contributed by atoms with van der Waals surface area (Å²) in [5.41, 5.74) is 0.718. The van der Waals surface area contributed by atoms with Gasteiger partial charge in [0.15, 0.2) is 0 Å². The highest BCUT2D eigenvalue weighted by molar-refractivity contribution is 5.90. The van der Waals surface area contributed by atoms with Crippen molar-refractivity contribution in [1.29, 1.82) is 0 Å². The molecule has 1 aromatic heterocycles. The zero-order chi connectivity index (χ0) is 13.8. The number of anilines is 1. The van der Waals surface area contributed by atoms with Crippen LogP contribution in [-0.4, -0.2) is 59.5 Å². The monoisotopic (exact) mass is 269 g/mol. The highest BCUT2D eigenvalue weighted by Gasteiger charge is 2.26. The van der Waals surface area contributed by atoms with Crippen LogP contribution in [0.2, 0.25) is 0 Å². The SMILES string of the molecule is Cc1cc(NC(=O)CN2CC(C)OC(CO)C2)on1. The maximum absolute atomic E-state index is 11.8. The molecule has 0 aliphatic carbocycles. The molecular weight excluding hydrogens is 250 g/mol. The van der Waals surface area contributed by atoms with E-state index < -0.39 is 0 Å². The zero-order valence-electron chi connectivity index (χ0n) is 11.1. The number of aliphatic hydroxyl groups is 1. The van der Waals surface area contributed by atoms with E-state index in [0.29, 0.717) is 19.0 Å². The number of nitrogens with one attached hydrogen (secondary N) is 1. The quantitative estimate of drug-likeness (QED) is 0.800. The van der Waals surface area contributed by atoms with Crippen LogP contribution in [0.5, 0.6) is 0 Å². The average Bonchev–Trinajstić information content (AvgIpc) is 2.73. The summed E-state index contributed by atoms with van der Waals surface area (Å²) in [5, 5.41) is 15.5. The zero-order valence-corrected chi connectivity index (χ0v) is 11.1. The molecule has 0 aromatic carbocycles. The molecule has 0 saturated carbocycles. The molecule has 1 aliphatic heterocycles. The molecule has 106 valence electrons. The number of aromatic nitrogens is 1. The molecule has 0 radical (unpaired) electrons. The van der Waals surface area contributed by atoms with Gasteiger partial charge in [0.25, 0.3) is 0 Å². The Morgan fingerprint density at radius 3 is 3.05 bits per heavy atom. The van der Waals surface area contributed by atoms with Gasteiger partial charge in [0.2, 0.25) is 11.8 Å². The minimum absolute atomic E-state index is 0.00576. The Labute approximate surface area is 111 Å². The van der Waals surface area contributed by atoms with Gasteiger partial charge in [-0.3, -0.25) is 15.0 Å². The molecule has 1 fully saturated rings. The van der Waals surface area contributed by atoms with Gasteiger partial charge in [0, 0.05) is 19.2 Å². The predicted octanol–water partition coefficient (Wildman–Crippen LogP) is 0.00312. The minimum Gasteiger partial charge on any atom is -0.394 e. The molecule has 0 spiro atoms. The molecule has 1 amide bonds. The molecule has 1 aliphatic rings. The van der Waals surface area contributed by atoms with Crippen LogP contribution in [-0.2, 0) is 9.53 Å². The van der Waals surface area contributed by atoms with E-state index in [0.717, 1.165) is 5.69 Å². The van der Waals surface area contributed by atoms with E-state index in [4.69, 9.17) is 14.4 Å². The van der Waals surface area contributed by atoms with Crippen LogP contribution in [0.4, 0.5) is 5.88 Å². The number of rotatable bonds is 4. The van der Waals surface area contributed by atoms with Gasteiger partial charge in [-0.05, 0) is 13.8 Å². The Morgan fingerprint density at radius 1 is 1.63 bits per heavy atom. The van der Waals surface area contributed by atoms with Gasteiger partial charge in [-0.25, -0.2) is 0 Å². The summed E-state index contributed by atoms with van der Waals surface area (Å²) in [5.74, 6) is 0.185. The van der Waals surface area contributed by atoms with Crippen molar-refractivity contribution in [3.63, 3.8) is 0 Å². The average molecular weight is 269 g/mol. The fourth-order valence-corrected chi connectivity index (χ4v) is 2.17. The van der Waals surface area contributed by atoms with Crippen molar-refractivity contribution in [2.75, 3.05) is 31.6 Å². The molecule has 2 unspecified atom stereocenters. The first-order valence-corrected chi connectivity index (χ1v) is 6.28. The van der Waals surface area contributed by atoms with E-state index in [1.165, 1.54) is 0 Å². The normalized spacial score (nSPS) is 24.4. The van der Waals surface area contributed by atoms with Crippen LogP contribution >= 0.6 is 0 Å². The van der Waals surface area contributed by atoms with Gasteiger partial charge in [0.05, 0.1) is 31.1 Å². The maximum atomic E-state index is 11.8. The van der Waals surface area contributed by atoms with Crippen molar-refractivity contribution in [1.82, 2.24) is 10.1 Å². The molecule has 2 N–H and O–H groups in total. The molecule has 1 aromatic rings. The Kier molecular flexibility index (Phi) is 4.52. The topological polar surface area (TPSA) is 87.8 Å². The molecule has 1 saturated heterocycles. The van der Waals surface area contributed by atoms with E-state index in [-0.39, 0.29) is 31.3 Å². The van der Waals surface area contributed by atoms with Crippen LogP contribution in [0.3, 0.4) is 0 Å². The van der Waals surface area contributed by atoms with Crippen LogP contribution in [0, 0.1) is 6.92 Å². The minimum atomic E-state index is -0.232. The van der Waals surface area contributed by atoms with Gasteiger partial charge in [-0.2, -0.15) is 0 Å². The summed E-state index contributed by atoms with van der Waals surface area (Å²) in [4.78, 5) is 13.8. The third-order valence-corrected chi connectivity index (χ3v) is 2.86. The number of aryl methyl sites for hydroxylation is 1. The Bertz CT molecular complexity index is 434. The lowest BCUT2D eigenvalue weighted by Gasteiger charge is -2.35. The third kappa shape index (κ3) is 4.02. The number of aliphatic hydroxyl groups excluding tert-OH is 1. The number of ether oxygens (including phenoxy) is 1. The Morgan fingerprint density at radius 2 is 2.42 bits per heavy atom. The lowest BCUT2D eigenvalue weighted by atomic mass is 10.2. The van der Waals surface area contributed by atoms with E-state index in [2.05, 4.69) is 10.5 Å². The van der Waals surface area contributed by atoms with Gasteiger partial charge in [-0.15, -0.1) is 0 Å². The van der Waals surface area contributed by atoms with Crippen molar-refractivity contribution in [3.8, 4) is 0 Å². The largest absolute Gasteiger partial charge is 0.394 e. The number of morpholine rings is 1. The number of carbonyl (C=O) groups excluding carboxylic acids is 1. The molecule has 19 heavy (non-hydrogen) atoms. The van der Waals surface area contributed by atoms with Gasteiger partial charge in [0.1, 0.15) is 0 Å². The number of nitrogens with zero attached hydrogens (tertiary/aromatic N) is 2. The summed E-state index contributed by atoms with van der Waals surface area (Å²) in [7, 11) is 0. The highest BCUT2D eigenvalue weighted by Crippen LogP contribution is 2.12. The van der Waals surface area contributed by atoms with Gasteiger partial charge in [-0.1, -0.05) is 5.16 Å². The van der Waals surface area contributed by atoms with Gasteiger partial charge < -0.3 is 14.4 Å². The number of hydrogen-bond donors (Lipinski definition) is 2. The van der Waals surface area contributed by atoms with Gasteiger partial charge >= 0.3 is 0 Å². The molecule has 2 atom stereocenters. The van der Waals surface area contributed by atoms with Crippen LogP contribution in [0.15, 0.2) is 10.6 Å². The van der Waals surface area contributed by atoms with E-state index >= 15 is 0 Å². The molecule has 2 rings (SSSR count). The third-order valence-electron chi connectivity index (χ3n) is 2.86. The second-order valence-corrected chi connectivity index (χ2v) is 4.83. The van der Waals surface area contributed by atoms with E-state index in [9.17, 15) is 4.79 Å². The lowest BCUT2D eigenvalue weighted by molar-refractivity contribution is -0.124. The number of hydrogen-bond acceptors (Lipinski definition) is 6. The van der Waals surface area contributed by atoms with Crippen molar-refractivity contribution in [3.05, 3.63) is 11.8 Å². The summed E-state index contributed by atoms with van der Waals surface area (Å²) in [6, 6.07) is 1.66. The molecular formula is C12H19N3O4. The van der Waals surface area contributed by atoms with Crippen molar-refractivity contribution in [2.24, 2.45) is 0 Å². The fraction of sp³-hybridized carbons (Fsp3) is 0.667. The maximum Gasteiger partial charge on any atom is 0.240 e. The van der Waals surface area contributed by atoms with E-state index in [1.54, 1.807) is 13.0 Å². The van der Waals surface area contributed by atoms with Crippen molar-refractivity contribution < 1.29 is 19.2 Å². The van der Waals surface area contributed by atoms with Crippen LogP contribution in [0.25, 0.3) is 0 Å². The molecule has 2 heterocycles. The standard InChI is InChI=1S/C12H19N3O4/c1-8-3-12(19-14-8)13-11(17)6-15-4-9(2)18-10(5-15)7-16/h3,9-10,16H,4-7H2,1-2H3,(H,13,17). The summed E-state index contributed by atoms with van der Waals surface area (Å²) in [6.07, 6.45) is -0.227. The summed E-state index contributed by atoms with van der Waals surface area (Å²) >= 11 is 0. The van der Waals surface area contributed by atoms with E-state index in [1.807, 2.05) is 11.8 Å². The van der Waals surface area contributed by atoms with Crippen LogP contribution < -0.4 is 5.32 Å². The highest BCUT2D eigenvalue weighted by atomic mass is 16.5. The Hall–Kier alpha value is -1.44. The van der Waals surface area contributed by atoms with Crippen LogP contribution in [0.1, 0.15) is 12.6 Å². The second kappa shape index (κ2) is 6.14. The van der Waals surface area contributed by atoms with Crippen molar-refractivity contribution >= 4 is 11.8 Å². The fourth-order valence-electron chi connectivity index (χ4n) is 2.17.